The monoisotopic (exact) mass is 322 g/mol. The lowest BCUT2D eigenvalue weighted by Gasteiger charge is -2.36. The molecule has 0 radical (unpaired) electrons. The first-order chi connectivity index (χ1) is 10.5. The lowest BCUT2D eigenvalue weighted by atomic mass is 10.1. The SMILES string of the molecule is C[C@@H](O)C[C@H]1COCCN1C(=O)c1ccc2[nH]c(=S)oc2c1. The van der Waals surface area contributed by atoms with Gasteiger partial charge in [0.05, 0.1) is 30.9 Å². The van der Waals surface area contributed by atoms with Crippen molar-refractivity contribution in [2.75, 3.05) is 19.8 Å². The first-order valence-electron chi connectivity index (χ1n) is 7.24. The third-order valence-electron chi connectivity index (χ3n) is 3.77. The molecule has 6 nitrogen and oxygen atoms in total. The number of aliphatic hydroxyl groups is 1. The van der Waals surface area contributed by atoms with Crippen molar-refractivity contribution in [3.05, 3.63) is 28.6 Å². The maximum atomic E-state index is 12.8. The van der Waals surface area contributed by atoms with Gasteiger partial charge in [-0.15, -0.1) is 0 Å². The summed E-state index contributed by atoms with van der Waals surface area (Å²) in [5.74, 6) is -0.0850. The van der Waals surface area contributed by atoms with E-state index >= 15 is 0 Å². The van der Waals surface area contributed by atoms with Crippen molar-refractivity contribution in [3.63, 3.8) is 0 Å². The number of H-pyrrole nitrogens is 1. The quantitative estimate of drug-likeness (QED) is 0.846. The van der Waals surface area contributed by atoms with Crippen LogP contribution in [-0.4, -0.2) is 52.8 Å². The molecule has 1 aromatic carbocycles. The van der Waals surface area contributed by atoms with Gasteiger partial charge in [-0.2, -0.15) is 0 Å². The highest BCUT2D eigenvalue weighted by Crippen LogP contribution is 2.20. The Labute approximate surface area is 132 Å². The number of oxazole rings is 1. The number of aliphatic hydroxyl groups excluding tert-OH is 1. The molecule has 22 heavy (non-hydrogen) atoms. The van der Waals surface area contributed by atoms with Crippen LogP contribution in [-0.2, 0) is 4.74 Å². The van der Waals surface area contributed by atoms with Crippen LogP contribution in [0.2, 0.25) is 0 Å². The second-order valence-corrected chi connectivity index (χ2v) is 5.91. The molecule has 118 valence electrons. The van der Waals surface area contributed by atoms with Gasteiger partial charge in [0.1, 0.15) is 0 Å². The van der Waals surface area contributed by atoms with Gasteiger partial charge in [-0.25, -0.2) is 0 Å². The van der Waals surface area contributed by atoms with Gasteiger partial charge >= 0.3 is 0 Å². The van der Waals surface area contributed by atoms with Crippen molar-refractivity contribution in [2.24, 2.45) is 0 Å². The lowest BCUT2D eigenvalue weighted by Crippen LogP contribution is -2.49. The molecule has 1 amide bonds. The first kappa shape index (κ1) is 15.2. The van der Waals surface area contributed by atoms with E-state index in [0.717, 1.165) is 5.52 Å². The minimum atomic E-state index is -0.480. The summed E-state index contributed by atoms with van der Waals surface area (Å²) in [5.41, 5.74) is 1.88. The minimum Gasteiger partial charge on any atom is -0.429 e. The van der Waals surface area contributed by atoms with E-state index < -0.39 is 6.10 Å². The molecule has 0 aliphatic carbocycles. The van der Waals surface area contributed by atoms with E-state index in [-0.39, 0.29) is 16.8 Å². The number of carbonyl (C=O) groups is 1. The van der Waals surface area contributed by atoms with Gasteiger partial charge in [0.2, 0.25) is 0 Å². The molecule has 0 unspecified atom stereocenters. The van der Waals surface area contributed by atoms with Gasteiger partial charge in [-0.1, -0.05) is 0 Å². The minimum absolute atomic E-state index is 0.0850. The van der Waals surface area contributed by atoms with E-state index in [2.05, 4.69) is 4.98 Å². The van der Waals surface area contributed by atoms with Gasteiger partial charge in [0.25, 0.3) is 10.7 Å². The number of aromatic amines is 1. The highest BCUT2D eigenvalue weighted by atomic mass is 32.1. The third kappa shape index (κ3) is 3.06. The summed E-state index contributed by atoms with van der Waals surface area (Å²) >= 11 is 4.95. The van der Waals surface area contributed by atoms with E-state index in [1.807, 2.05) is 0 Å². The third-order valence-corrected chi connectivity index (χ3v) is 3.95. The number of benzene rings is 1. The molecule has 3 rings (SSSR count). The Kier molecular flexibility index (Phi) is 4.28. The molecular weight excluding hydrogens is 304 g/mol. The number of nitrogens with one attached hydrogen (secondary N) is 1. The fraction of sp³-hybridized carbons (Fsp3) is 0.467. The predicted octanol–water partition coefficient (Wildman–Crippen LogP) is 2.10. The molecule has 7 heteroatoms. The molecule has 1 aliphatic heterocycles. The highest BCUT2D eigenvalue weighted by molar-refractivity contribution is 7.71. The molecule has 1 fully saturated rings. The largest absolute Gasteiger partial charge is 0.429 e. The van der Waals surface area contributed by atoms with Crippen LogP contribution in [0.1, 0.15) is 23.7 Å². The first-order valence-corrected chi connectivity index (χ1v) is 7.65. The van der Waals surface area contributed by atoms with Gasteiger partial charge in [-0.05, 0) is 43.8 Å². The molecule has 1 saturated heterocycles. The number of nitrogens with zero attached hydrogens (tertiary/aromatic N) is 1. The summed E-state index contributed by atoms with van der Waals surface area (Å²) in [5, 5.41) is 9.59. The fourth-order valence-corrected chi connectivity index (χ4v) is 2.96. The van der Waals surface area contributed by atoms with Crippen LogP contribution in [0, 0.1) is 4.84 Å². The Bertz CT molecular complexity index is 736. The molecular formula is C15H18N2O4S. The molecule has 0 bridgehead atoms. The average Bonchev–Trinajstić information content (AvgIpc) is 2.85. The molecule has 2 heterocycles. The summed E-state index contributed by atoms with van der Waals surface area (Å²) in [4.78, 5) is 17.7. The Morgan fingerprint density at radius 1 is 1.59 bits per heavy atom. The van der Waals surface area contributed by atoms with Crippen LogP contribution in [0.5, 0.6) is 0 Å². The predicted molar refractivity (Wildman–Crippen MR) is 83.3 cm³/mol. The van der Waals surface area contributed by atoms with Crippen LogP contribution < -0.4 is 0 Å². The van der Waals surface area contributed by atoms with E-state index in [1.54, 1.807) is 30.0 Å². The summed E-state index contributed by atoms with van der Waals surface area (Å²) in [6.07, 6.45) is 0.0191. The average molecular weight is 322 g/mol. The van der Waals surface area contributed by atoms with Gasteiger partial charge in [0.15, 0.2) is 5.58 Å². The van der Waals surface area contributed by atoms with Crippen molar-refractivity contribution in [2.45, 2.75) is 25.5 Å². The molecule has 0 saturated carbocycles. The second kappa shape index (κ2) is 6.20. The number of carbonyl (C=O) groups excluding carboxylic acids is 1. The van der Waals surface area contributed by atoms with Gasteiger partial charge < -0.3 is 24.1 Å². The topological polar surface area (TPSA) is 78.7 Å². The van der Waals surface area contributed by atoms with E-state index in [4.69, 9.17) is 21.4 Å². The summed E-state index contributed by atoms with van der Waals surface area (Å²) in [6, 6.07) is 5.11. The maximum absolute atomic E-state index is 12.8. The Morgan fingerprint density at radius 2 is 2.41 bits per heavy atom. The molecule has 2 atom stereocenters. The van der Waals surface area contributed by atoms with Crippen LogP contribution in [0.25, 0.3) is 11.1 Å². The second-order valence-electron chi connectivity index (χ2n) is 5.54. The smallest absolute Gasteiger partial charge is 0.266 e. The molecule has 2 N–H and O–H groups in total. The zero-order chi connectivity index (χ0) is 15.7. The van der Waals surface area contributed by atoms with E-state index in [0.29, 0.717) is 37.3 Å². The zero-order valence-electron chi connectivity index (χ0n) is 12.2. The molecule has 2 aromatic rings. The number of hydrogen-bond donors (Lipinski definition) is 2. The standard InChI is InChI=1S/C15H18N2O4S/c1-9(18)6-11-8-20-5-4-17(11)14(19)10-2-3-12-13(7-10)21-15(22)16-12/h2-3,7,9,11,18H,4-6,8H2,1H3,(H,16,22)/t9-,11+/m1/s1. The van der Waals surface area contributed by atoms with Gasteiger partial charge in [-0.3, -0.25) is 4.79 Å². The normalized spacial score (nSPS) is 20.3. The number of fused-ring (bicyclic) bond motifs is 1. The highest BCUT2D eigenvalue weighted by Gasteiger charge is 2.29. The van der Waals surface area contributed by atoms with E-state index in [1.165, 1.54) is 0 Å². The van der Waals surface area contributed by atoms with E-state index in [9.17, 15) is 9.90 Å². The van der Waals surface area contributed by atoms with Crippen molar-refractivity contribution in [3.8, 4) is 0 Å². The number of aromatic nitrogens is 1. The van der Waals surface area contributed by atoms with Crippen molar-refractivity contribution >= 4 is 29.2 Å². The van der Waals surface area contributed by atoms with Crippen LogP contribution >= 0.6 is 12.2 Å². The fourth-order valence-electron chi connectivity index (χ4n) is 2.76. The number of amides is 1. The molecule has 1 aromatic heterocycles. The number of rotatable bonds is 3. The Morgan fingerprint density at radius 3 is 3.18 bits per heavy atom. The zero-order valence-corrected chi connectivity index (χ0v) is 13.1. The van der Waals surface area contributed by atoms with Crippen molar-refractivity contribution in [1.29, 1.82) is 0 Å². The van der Waals surface area contributed by atoms with Gasteiger partial charge in [0, 0.05) is 12.1 Å². The summed E-state index contributed by atoms with van der Waals surface area (Å²) < 4.78 is 10.8. The summed E-state index contributed by atoms with van der Waals surface area (Å²) in [6.45, 7) is 3.19. The molecule has 0 spiro atoms. The van der Waals surface area contributed by atoms with Crippen molar-refractivity contribution < 1.29 is 19.1 Å². The Hall–Kier alpha value is -1.70. The summed E-state index contributed by atoms with van der Waals surface area (Å²) in [7, 11) is 0. The van der Waals surface area contributed by atoms with Crippen molar-refractivity contribution in [1.82, 2.24) is 9.88 Å². The maximum Gasteiger partial charge on any atom is 0.266 e. The lowest BCUT2D eigenvalue weighted by molar-refractivity contribution is -0.0152. The number of hydrogen-bond acceptors (Lipinski definition) is 5. The number of ether oxygens (including phenoxy) is 1. The number of morpholine rings is 1. The molecule has 1 aliphatic rings. The van der Waals surface area contributed by atoms with Crippen LogP contribution in [0.3, 0.4) is 0 Å². The Balaban J connectivity index is 1.87. The van der Waals surface area contributed by atoms with Crippen LogP contribution in [0.4, 0.5) is 0 Å². The van der Waals surface area contributed by atoms with Crippen LogP contribution in [0.15, 0.2) is 22.6 Å².